The summed E-state index contributed by atoms with van der Waals surface area (Å²) in [4.78, 5) is 37.4. The van der Waals surface area contributed by atoms with E-state index in [0.29, 0.717) is 43.5 Å². The number of amides is 2. The summed E-state index contributed by atoms with van der Waals surface area (Å²) in [5.74, 6) is 0.412. The molecule has 13 heteroatoms. The van der Waals surface area contributed by atoms with Crippen LogP contribution in [0, 0.1) is 0 Å². The highest BCUT2D eigenvalue weighted by Crippen LogP contribution is 2.29. The minimum absolute atomic E-state index is 0.0652. The molecule has 0 saturated carbocycles. The van der Waals surface area contributed by atoms with Crippen LogP contribution in [0.25, 0.3) is 11.5 Å². The molecular formula is C24H25F3N6O3S. The average Bonchev–Trinajstić information content (AvgIpc) is 3.31. The molecule has 3 heterocycles. The Morgan fingerprint density at radius 1 is 0.973 bits per heavy atom. The third-order valence-electron chi connectivity index (χ3n) is 5.34. The van der Waals surface area contributed by atoms with Crippen molar-refractivity contribution >= 4 is 34.5 Å². The third kappa shape index (κ3) is 6.73. The molecule has 37 heavy (non-hydrogen) atoms. The number of hydrogen-bond acceptors (Lipinski definition) is 8. The summed E-state index contributed by atoms with van der Waals surface area (Å²) in [5.41, 5.74) is -0.825. The van der Waals surface area contributed by atoms with Crippen molar-refractivity contribution in [2.75, 3.05) is 36.4 Å². The highest BCUT2D eigenvalue weighted by molar-refractivity contribution is 7.10. The van der Waals surface area contributed by atoms with E-state index in [9.17, 15) is 22.8 Å². The zero-order valence-electron chi connectivity index (χ0n) is 20.4. The predicted octanol–water partition coefficient (Wildman–Crippen LogP) is 4.93. The molecule has 196 valence electrons. The van der Waals surface area contributed by atoms with Gasteiger partial charge in [0.2, 0.25) is 5.13 Å². The maximum absolute atomic E-state index is 12.7. The summed E-state index contributed by atoms with van der Waals surface area (Å²) >= 11 is 0.939. The van der Waals surface area contributed by atoms with Gasteiger partial charge in [-0.1, -0.05) is 6.07 Å². The number of carbonyl (C=O) groups is 2. The molecule has 1 N–H and O–H groups in total. The fraction of sp³-hybridized carbons (Fsp3) is 0.375. The second-order valence-corrected chi connectivity index (χ2v) is 10.0. The second kappa shape index (κ2) is 10.3. The molecule has 1 aliphatic heterocycles. The Morgan fingerprint density at radius 3 is 2.27 bits per heavy atom. The smallest absolute Gasteiger partial charge is 0.416 e. The Balaban J connectivity index is 1.38. The number of pyridine rings is 1. The number of aromatic nitrogens is 3. The van der Waals surface area contributed by atoms with Crippen LogP contribution in [0.4, 0.5) is 28.9 Å². The number of rotatable bonds is 4. The molecule has 1 saturated heterocycles. The summed E-state index contributed by atoms with van der Waals surface area (Å²) in [6.07, 6.45) is -4.82. The molecular weight excluding hydrogens is 509 g/mol. The van der Waals surface area contributed by atoms with Gasteiger partial charge < -0.3 is 14.5 Å². The number of ether oxygens (including phenoxy) is 1. The molecule has 0 aliphatic carbocycles. The van der Waals surface area contributed by atoms with Gasteiger partial charge in [-0.25, -0.2) is 9.78 Å². The standard InChI is InChI=1S/C24H25F3N6O3S/c1-23(2,3)36-22(35)33-13-11-32(12-14-33)18-6-4-5-17(28-18)19-29-21(37-31-19)30-20(34)15-7-9-16(10-8-15)24(25,26)27/h4-10H,11-14H2,1-3H3,(H,29,30,31,34). The van der Waals surface area contributed by atoms with Gasteiger partial charge in [-0.3, -0.25) is 10.1 Å². The highest BCUT2D eigenvalue weighted by atomic mass is 32.1. The van der Waals surface area contributed by atoms with Crippen molar-refractivity contribution in [2.24, 2.45) is 0 Å². The van der Waals surface area contributed by atoms with Gasteiger partial charge in [0.25, 0.3) is 5.91 Å². The third-order valence-corrected chi connectivity index (χ3v) is 5.97. The van der Waals surface area contributed by atoms with Crippen molar-refractivity contribution in [3.05, 3.63) is 53.6 Å². The lowest BCUT2D eigenvalue weighted by Gasteiger charge is -2.36. The first-order valence-corrected chi connectivity index (χ1v) is 12.2. The molecule has 2 amide bonds. The van der Waals surface area contributed by atoms with Gasteiger partial charge >= 0.3 is 12.3 Å². The topological polar surface area (TPSA) is 101 Å². The first kappa shape index (κ1) is 26.3. The van der Waals surface area contributed by atoms with Crippen LogP contribution in [0.3, 0.4) is 0 Å². The minimum Gasteiger partial charge on any atom is -0.444 e. The first-order valence-electron chi connectivity index (χ1n) is 11.4. The van der Waals surface area contributed by atoms with Gasteiger partial charge in [0, 0.05) is 43.3 Å². The molecule has 0 atom stereocenters. The Kier molecular flexibility index (Phi) is 7.35. The van der Waals surface area contributed by atoms with Crippen LogP contribution in [0.5, 0.6) is 0 Å². The number of benzene rings is 1. The molecule has 0 radical (unpaired) electrons. The summed E-state index contributed by atoms with van der Waals surface area (Å²) in [7, 11) is 0. The molecule has 1 aliphatic rings. The number of piperazine rings is 1. The first-order chi connectivity index (χ1) is 17.4. The van der Waals surface area contributed by atoms with Gasteiger partial charge in [0.15, 0.2) is 5.82 Å². The Labute approximate surface area is 215 Å². The average molecular weight is 535 g/mol. The van der Waals surface area contributed by atoms with E-state index in [2.05, 4.69) is 19.7 Å². The molecule has 4 rings (SSSR count). The lowest BCUT2D eigenvalue weighted by molar-refractivity contribution is -0.137. The van der Waals surface area contributed by atoms with Gasteiger partial charge in [0.1, 0.15) is 17.1 Å². The van der Waals surface area contributed by atoms with Crippen LogP contribution in [-0.4, -0.2) is 63.0 Å². The van der Waals surface area contributed by atoms with E-state index in [1.54, 1.807) is 11.0 Å². The lowest BCUT2D eigenvalue weighted by atomic mass is 10.1. The van der Waals surface area contributed by atoms with Gasteiger partial charge in [-0.05, 0) is 57.2 Å². The van der Waals surface area contributed by atoms with Gasteiger partial charge in [-0.15, -0.1) is 0 Å². The zero-order valence-corrected chi connectivity index (χ0v) is 21.2. The van der Waals surface area contributed by atoms with Crippen molar-refractivity contribution in [3.8, 4) is 11.5 Å². The van der Waals surface area contributed by atoms with Gasteiger partial charge in [-0.2, -0.15) is 22.5 Å². The normalized spacial score (nSPS) is 14.4. The summed E-state index contributed by atoms with van der Waals surface area (Å²) in [5, 5.41) is 2.75. The lowest BCUT2D eigenvalue weighted by Crippen LogP contribution is -2.50. The number of halogens is 3. The van der Waals surface area contributed by atoms with Crippen LogP contribution >= 0.6 is 11.5 Å². The van der Waals surface area contributed by atoms with E-state index >= 15 is 0 Å². The number of nitrogens with zero attached hydrogens (tertiary/aromatic N) is 5. The highest BCUT2D eigenvalue weighted by Gasteiger charge is 2.30. The van der Waals surface area contributed by atoms with Crippen molar-refractivity contribution in [2.45, 2.75) is 32.5 Å². The van der Waals surface area contributed by atoms with Crippen molar-refractivity contribution < 1.29 is 27.5 Å². The van der Waals surface area contributed by atoms with Gasteiger partial charge in [0.05, 0.1) is 5.56 Å². The number of carbonyl (C=O) groups excluding carboxylic acids is 2. The molecule has 1 fully saturated rings. The maximum atomic E-state index is 12.7. The fourth-order valence-corrected chi connectivity index (χ4v) is 4.10. The molecule has 0 bridgehead atoms. The largest absolute Gasteiger partial charge is 0.444 e. The van der Waals surface area contributed by atoms with Crippen molar-refractivity contribution in [3.63, 3.8) is 0 Å². The Hall–Kier alpha value is -3.74. The van der Waals surface area contributed by atoms with E-state index in [1.165, 1.54) is 0 Å². The molecule has 9 nitrogen and oxygen atoms in total. The van der Waals surface area contributed by atoms with Crippen molar-refractivity contribution in [1.29, 1.82) is 0 Å². The quantitative estimate of drug-likeness (QED) is 0.507. The second-order valence-electron chi connectivity index (χ2n) is 9.29. The number of nitrogens with one attached hydrogen (secondary N) is 1. The molecule has 0 spiro atoms. The van der Waals surface area contributed by atoms with Crippen LogP contribution in [0.2, 0.25) is 0 Å². The van der Waals surface area contributed by atoms with Crippen LogP contribution in [-0.2, 0) is 10.9 Å². The molecule has 1 aromatic carbocycles. The summed E-state index contributed by atoms with van der Waals surface area (Å²) < 4.78 is 47.9. The zero-order chi connectivity index (χ0) is 26.8. The Bertz CT molecular complexity index is 1270. The fourth-order valence-electron chi connectivity index (χ4n) is 3.53. The van der Waals surface area contributed by atoms with E-state index in [-0.39, 0.29) is 16.8 Å². The number of alkyl halides is 3. The monoisotopic (exact) mass is 534 g/mol. The predicted molar refractivity (Wildman–Crippen MR) is 133 cm³/mol. The summed E-state index contributed by atoms with van der Waals surface area (Å²) in [6.45, 7) is 7.63. The SMILES string of the molecule is CC(C)(C)OC(=O)N1CCN(c2cccc(-c3nsc(NC(=O)c4ccc(C(F)(F)F)cc4)n3)n2)CC1. The Morgan fingerprint density at radius 2 is 1.65 bits per heavy atom. The van der Waals surface area contributed by atoms with E-state index in [1.807, 2.05) is 37.8 Å². The number of hydrogen-bond donors (Lipinski definition) is 1. The van der Waals surface area contributed by atoms with Crippen LogP contribution in [0.15, 0.2) is 42.5 Å². The number of anilines is 2. The van der Waals surface area contributed by atoms with E-state index in [0.717, 1.165) is 35.8 Å². The van der Waals surface area contributed by atoms with E-state index in [4.69, 9.17) is 4.74 Å². The van der Waals surface area contributed by atoms with E-state index < -0.39 is 23.2 Å². The maximum Gasteiger partial charge on any atom is 0.416 e. The van der Waals surface area contributed by atoms with Crippen LogP contribution < -0.4 is 10.2 Å². The minimum atomic E-state index is -4.48. The van der Waals surface area contributed by atoms with Crippen LogP contribution in [0.1, 0.15) is 36.7 Å². The molecule has 2 aromatic heterocycles. The van der Waals surface area contributed by atoms with Crippen molar-refractivity contribution in [1.82, 2.24) is 19.2 Å². The summed E-state index contributed by atoms with van der Waals surface area (Å²) in [6, 6.07) is 9.32. The molecule has 3 aromatic rings. The molecule has 0 unspecified atom stereocenters.